The quantitative estimate of drug-likeness (QED) is 0.0420. The van der Waals surface area contributed by atoms with Gasteiger partial charge in [0.1, 0.15) is 16.4 Å². The van der Waals surface area contributed by atoms with E-state index in [-0.39, 0.29) is 5.97 Å². The van der Waals surface area contributed by atoms with E-state index < -0.39 is 18.0 Å². The molecule has 2 heterocycles. The molecule has 5 aromatic rings. The Bertz CT molecular complexity index is 1890. The van der Waals surface area contributed by atoms with Gasteiger partial charge in [0.05, 0.1) is 16.9 Å². The smallest absolute Gasteiger partial charge is 0.353 e. The van der Waals surface area contributed by atoms with Crippen LogP contribution in [0.2, 0.25) is 0 Å². The molecule has 52 heavy (non-hydrogen) atoms. The van der Waals surface area contributed by atoms with Gasteiger partial charge < -0.3 is 18.9 Å². The molecule has 3 aromatic carbocycles. The lowest BCUT2D eigenvalue weighted by atomic mass is 10.0. The molecule has 0 N–H and O–H groups in total. The minimum Gasteiger partial charge on any atom is -0.462 e. The molecule has 0 bridgehead atoms. The summed E-state index contributed by atoms with van der Waals surface area (Å²) in [5, 5.41) is 0.996. The standard InChI is InChI=1S/C43H50O7S2/c1-4-6-8-10-11-12-13-15-27-48-42(45)33-18-16-31(17-19-33)32-20-22-34(23-21-32)49-43(46)39-29-38-40(52-39)36-25-24-35(28-37(36)51-38)50-41(44)30(3)47-26-14-9-7-5-2/h16-25,28-30H,4-15,26-27H2,1-3H3/t30-/m0/s1. The van der Waals surface area contributed by atoms with Gasteiger partial charge in [0.25, 0.3) is 0 Å². The summed E-state index contributed by atoms with van der Waals surface area (Å²) in [7, 11) is 0. The number of thiophene rings is 2. The third-order valence-corrected chi connectivity index (χ3v) is 11.4. The molecule has 0 radical (unpaired) electrons. The highest BCUT2D eigenvalue weighted by molar-refractivity contribution is 7.33. The van der Waals surface area contributed by atoms with Crippen LogP contribution in [0.5, 0.6) is 11.5 Å². The monoisotopic (exact) mass is 742 g/mol. The Kier molecular flexibility index (Phi) is 15.3. The van der Waals surface area contributed by atoms with Crippen molar-refractivity contribution in [1.82, 2.24) is 0 Å². The fourth-order valence-electron chi connectivity index (χ4n) is 5.91. The average Bonchev–Trinajstić information content (AvgIpc) is 3.72. The van der Waals surface area contributed by atoms with Gasteiger partial charge in [-0.1, -0.05) is 102 Å². The average molecular weight is 743 g/mol. The SMILES string of the molecule is CCCCCCCCCCOC(=O)c1ccc(-c2ccc(OC(=O)c3cc4sc5cc(OC(=O)[C@H](C)OCCCCCC)ccc5c4s3)cc2)cc1. The fourth-order valence-corrected chi connectivity index (χ4v) is 8.34. The normalized spacial score (nSPS) is 11.9. The van der Waals surface area contributed by atoms with E-state index in [0.717, 1.165) is 69.1 Å². The van der Waals surface area contributed by atoms with Crippen LogP contribution in [0.1, 0.15) is 118 Å². The summed E-state index contributed by atoms with van der Waals surface area (Å²) in [5.41, 5.74) is 2.42. The Morgan fingerprint density at radius 1 is 0.596 bits per heavy atom. The summed E-state index contributed by atoms with van der Waals surface area (Å²) < 4.78 is 25.4. The fraction of sp³-hybridized carbons (Fsp3) is 0.419. The third kappa shape index (κ3) is 11.2. The van der Waals surface area contributed by atoms with E-state index in [0.29, 0.717) is 35.2 Å². The van der Waals surface area contributed by atoms with Crippen molar-refractivity contribution in [3.63, 3.8) is 0 Å². The molecule has 0 aliphatic heterocycles. The van der Waals surface area contributed by atoms with Crippen LogP contribution in [0, 0.1) is 0 Å². The molecule has 0 saturated carbocycles. The number of unbranched alkanes of at least 4 members (excludes halogenated alkanes) is 10. The van der Waals surface area contributed by atoms with Crippen LogP contribution in [0.3, 0.4) is 0 Å². The lowest BCUT2D eigenvalue weighted by molar-refractivity contribution is -0.146. The second-order valence-corrected chi connectivity index (χ2v) is 15.3. The van der Waals surface area contributed by atoms with Gasteiger partial charge in [-0.25, -0.2) is 14.4 Å². The molecule has 0 unspecified atom stereocenters. The molecule has 0 amide bonds. The van der Waals surface area contributed by atoms with Crippen molar-refractivity contribution in [2.24, 2.45) is 0 Å². The van der Waals surface area contributed by atoms with Gasteiger partial charge in [0.2, 0.25) is 0 Å². The van der Waals surface area contributed by atoms with E-state index in [1.165, 1.54) is 61.2 Å². The van der Waals surface area contributed by atoms with Gasteiger partial charge >= 0.3 is 17.9 Å². The summed E-state index contributed by atoms with van der Waals surface area (Å²) in [5.74, 6) is -0.211. The number of hydrogen-bond donors (Lipinski definition) is 0. The Labute approximate surface area is 315 Å². The van der Waals surface area contributed by atoms with E-state index in [2.05, 4.69) is 13.8 Å². The highest BCUT2D eigenvalue weighted by Crippen LogP contribution is 2.41. The Morgan fingerprint density at radius 2 is 1.19 bits per heavy atom. The van der Waals surface area contributed by atoms with E-state index in [1.807, 2.05) is 42.5 Å². The molecule has 0 spiro atoms. The van der Waals surface area contributed by atoms with Crippen LogP contribution in [0.15, 0.2) is 72.8 Å². The zero-order valence-corrected chi connectivity index (χ0v) is 32.2. The molecule has 1 atom stereocenters. The Balaban J connectivity index is 1.09. The largest absolute Gasteiger partial charge is 0.462 e. The van der Waals surface area contributed by atoms with Gasteiger partial charge in [-0.3, -0.25) is 0 Å². The van der Waals surface area contributed by atoms with Crippen LogP contribution >= 0.6 is 22.7 Å². The number of esters is 3. The molecule has 0 saturated heterocycles. The maximum atomic E-state index is 13.1. The third-order valence-electron chi connectivity index (χ3n) is 8.98. The lowest BCUT2D eigenvalue weighted by Gasteiger charge is -2.12. The minimum atomic E-state index is -0.633. The Morgan fingerprint density at radius 3 is 1.88 bits per heavy atom. The number of carbonyl (C=O) groups excluding carboxylic acids is 3. The lowest BCUT2D eigenvalue weighted by Crippen LogP contribution is -2.26. The van der Waals surface area contributed by atoms with Crippen molar-refractivity contribution in [3.8, 4) is 22.6 Å². The van der Waals surface area contributed by atoms with E-state index >= 15 is 0 Å². The van der Waals surface area contributed by atoms with Crippen LogP contribution in [0.4, 0.5) is 0 Å². The molecule has 276 valence electrons. The maximum absolute atomic E-state index is 13.1. The maximum Gasteiger partial charge on any atom is 0.353 e. The van der Waals surface area contributed by atoms with E-state index in [4.69, 9.17) is 18.9 Å². The minimum absolute atomic E-state index is 0.298. The molecule has 9 heteroatoms. The summed E-state index contributed by atoms with van der Waals surface area (Å²) in [6.07, 6.45) is 13.3. The van der Waals surface area contributed by atoms with Gasteiger partial charge in [-0.15, -0.1) is 22.7 Å². The van der Waals surface area contributed by atoms with Crippen molar-refractivity contribution >= 4 is 60.1 Å². The van der Waals surface area contributed by atoms with Gasteiger partial charge in [0.15, 0.2) is 6.10 Å². The van der Waals surface area contributed by atoms with Crippen LogP contribution < -0.4 is 9.47 Å². The zero-order chi connectivity index (χ0) is 36.7. The van der Waals surface area contributed by atoms with Crippen LogP contribution in [-0.4, -0.2) is 37.2 Å². The first-order valence-electron chi connectivity index (χ1n) is 18.8. The number of rotatable bonds is 21. The van der Waals surface area contributed by atoms with Crippen molar-refractivity contribution in [3.05, 3.63) is 83.2 Å². The highest BCUT2D eigenvalue weighted by atomic mass is 32.1. The predicted octanol–water partition coefficient (Wildman–Crippen LogP) is 12.2. The number of ether oxygens (including phenoxy) is 4. The van der Waals surface area contributed by atoms with Crippen molar-refractivity contribution in [2.75, 3.05) is 13.2 Å². The topological polar surface area (TPSA) is 88.1 Å². The van der Waals surface area contributed by atoms with Gasteiger partial charge in [-0.05, 0) is 79.4 Å². The first-order valence-corrected chi connectivity index (χ1v) is 20.4. The summed E-state index contributed by atoms with van der Waals surface area (Å²) in [6.45, 7) is 7.09. The number of benzene rings is 3. The first kappa shape index (κ1) is 39.2. The van der Waals surface area contributed by atoms with E-state index in [9.17, 15) is 14.4 Å². The van der Waals surface area contributed by atoms with Crippen molar-refractivity contribution in [1.29, 1.82) is 0 Å². The van der Waals surface area contributed by atoms with Crippen molar-refractivity contribution < 1.29 is 33.3 Å². The highest BCUT2D eigenvalue weighted by Gasteiger charge is 2.19. The molecular formula is C43H50O7S2. The molecule has 0 aliphatic rings. The van der Waals surface area contributed by atoms with Gasteiger partial charge in [-0.2, -0.15) is 0 Å². The number of fused-ring (bicyclic) bond motifs is 3. The predicted molar refractivity (Wildman–Crippen MR) is 212 cm³/mol. The second kappa shape index (κ2) is 20.3. The number of hydrogen-bond acceptors (Lipinski definition) is 9. The van der Waals surface area contributed by atoms with E-state index in [1.54, 1.807) is 37.3 Å². The van der Waals surface area contributed by atoms with Crippen LogP contribution in [0.25, 0.3) is 30.6 Å². The molecule has 7 nitrogen and oxygen atoms in total. The molecular weight excluding hydrogens is 693 g/mol. The summed E-state index contributed by atoms with van der Waals surface area (Å²) in [4.78, 5) is 38.7. The molecule has 5 rings (SSSR count). The van der Waals surface area contributed by atoms with Crippen LogP contribution in [-0.2, 0) is 14.3 Å². The summed E-state index contributed by atoms with van der Waals surface area (Å²) >= 11 is 2.92. The first-order chi connectivity index (χ1) is 25.4. The molecule has 0 fully saturated rings. The number of carbonyl (C=O) groups is 3. The summed E-state index contributed by atoms with van der Waals surface area (Å²) in [6, 6.07) is 22.1. The van der Waals surface area contributed by atoms with Gasteiger partial charge in [0, 0.05) is 21.4 Å². The molecule has 0 aliphatic carbocycles. The second-order valence-electron chi connectivity index (χ2n) is 13.2. The molecule has 2 aromatic heterocycles. The van der Waals surface area contributed by atoms with Crippen molar-refractivity contribution in [2.45, 2.75) is 104 Å². The Hall–Kier alpha value is -4.05. The zero-order valence-electron chi connectivity index (χ0n) is 30.6.